The number of amides is 1. The van der Waals surface area contributed by atoms with Crippen molar-refractivity contribution in [2.24, 2.45) is 0 Å². The number of aromatic nitrogens is 2. The molecule has 0 unspecified atom stereocenters. The van der Waals surface area contributed by atoms with Gasteiger partial charge in [-0.25, -0.2) is 13.4 Å². The number of pyridine rings is 1. The smallest absolute Gasteiger partial charge is 0.234 e. The van der Waals surface area contributed by atoms with Crippen molar-refractivity contribution in [2.45, 2.75) is 4.90 Å². The van der Waals surface area contributed by atoms with E-state index in [0.717, 1.165) is 15.9 Å². The number of nitrogens with one attached hydrogen (secondary N) is 2. The van der Waals surface area contributed by atoms with E-state index in [-0.39, 0.29) is 11.7 Å². The third-order valence-corrected chi connectivity index (χ3v) is 5.60. The zero-order valence-electron chi connectivity index (χ0n) is 13.1. The van der Waals surface area contributed by atoms with Crippen molar-refractivity contribution >= 4 is 60.1 Å². The first-order chi connectivity index (χ1) is 11.9. The SMILES string of the molecule is CS(=O)(=O)Nc1nc2ccc(NC(=O)CSc3ccncc3)cc2s1. The fraction of sp³-hybridized carbons (Fsp3) is 0.133. The second-order valence-electron chi connectivity index (χ2n) is 5.10. The molecule has 0 radical (unpaired) electrons. The van der Waals surface area contributed by atoms with Crippen LogP contribution < -0.4 is 10.0 Å². The van der Waals surface area contributed by atoms with E-state index < -0.39 is 10.0 Å². The molecule has 0 aliphatic carbocycles. The molecule has 0 atom stereocenters. The van der Waals surface area contributed by atoms with Crippen LogP contribution in [0.25, 0.3) is 10.2 Å². The third-order valence-electron chi connectivity index (χ3n) is 2.96. The number of hydrogen-bond acceptors (Lipinski definition) is 7. The Morgan fingerprint density at radius 3 is 2.72 bits per heavy atom. The van der Waals surface area contributed by atoms with E-state index in [1.54, 1.807) is 30.6 Å². The van der Waals surface area contributed by atoms with Crippen molar-refractivity contribution in [1.29, 1.82) is 0 Å². The van der Waals surface area contributed by atoms with Gasteiger partial charge in [-0.1, -0.05) is 11.3 Å². The first-order valence-electron chi connectivity index (χ1n) is 7.10. The highest BCUT2D eigenvalue weighted by Crippen LogP contribution is 2.29. The number of thiazole rings is 1. The van der Waals surface area contributed by atoms with Gasteiger partial charge < -0.3 is 5.32 Å². The lowest BCUT2D eigenvalue weighted by atomic mass is 10.3. The van der Waals surface area contributed by atoms with Gasteiger partial charge in [-0.05, 0) is 30.3 Å². The highest BCUT2D eigenvalue weighted by Gasteiger charge is 2.10. The van der Waals surface area contributed by atoms with Crippen LogP contribution in [0.3, 0.4) is 0 Å². The maximum absolute atomic E-state index is 12.1. The molecule has 10 heteroatoms. The van der Waals surface area contributed by atoms with Crippen molar-refractivity contribution in [1.82, 2.24) is 9.97 Å². The zero-order chi connectivity index (χ0) is 17.9. The van der Waals surface area contributed by atoms with Crippen molar-refractivity contribution in [2.75, 3.05) is 22.0 Å². The molecule has 3 aromatic rings. The molecule has 3 rings (SSSR count). The molecule has 0 fully saturated rings. The van der Waals surface area contributed by atoms with Crippen LogP contribution in [-0.2, 0) is 14.8 Å². The van der Waals surface area contributed by atoms with E-state index in [1.165, 1.54) is 23.1 Å². The Hall–Kier alpha value is -2.17. The van der Waals surface area contributed by atoms with Crippen LogP contribution >= 0.6 is 23.1 Å². The van der Waals surface area contributed by atoms with Crippen LogP contribution in [0.1, 0.15) is 0 Å². The summed E-state index contributed by atoms with van der Waals surface area (Å²) in [5, 5.41) is 3.13. The summed E-state index contributed by atoms with van der Waals surface area (Å²) in [6, 6.07) is 8.94. The Bertz CT molecular complexity index is 1000. The van der Waals surface area contributed by atoms with Crippen LogP contribution in [0.4, 0.5) is 10.8 Å². The predicted octanol–water partition coefficient (Wildman–Crippen LogP) is 2.79. The molecule has 0 bridgehead atoms. The molecule has 1 amide bonds. The topological polar surface area (TPSA) is 101 Å². The Kier molecular flexibility index (Phi) is 5.21. The predicted molar refractivity (Wildman–Crippen MR) is 102 cm³/mol. The minimum absolute atomic E-state index is 0.125. The Balaban J connectivity index is 1.66. The molecule has 2 heterocycles. The lowest BCUT2D eigenvalue weighted by Gasteiger charge is -2.05. The highest BCUT2D eigenvalue weighted by molar-refractivity contribution is 8.00. The number of carbonyl (C=O) groups is 1. The number of benzene rings is 1. The fourth-order valence-corrected chi connectivity index (χ4v) is 4.41. The van der Waals surface area contributed by atoms with Crippen molar-refractivity contribution < 1.29 is 13.2 Å². The largest absolute Gasteiger partial charge is 0.325 e. The van der Waals surface area contributed by atoms with Gasteiger partial charge in [0.25, 0.3) is 0 Å². The van der Waals surface area contributed by atoms with Crippen molar-refractivity contribution in [3.05, 3.63) is 42.7 Å². The minimum Gasteiger partial charge on any atom is -0.325 e. The Morgan fingerprint density at radius 1 is 1.24 bits per heavy atom. The minimum atomic E-state index is -3.37. The number of carbonyl (C=O) groups excluding carboxylic acids is 1. The number of rotatable bonds is 6. The number of anilines is 2. The monoisotopic (exact) mass is 394 g/mol. The molecule has 1 aromatic carbocycles. The molecule has 0 aliphatic rings. The quantitative estimate of drug-likeness (QED) is 0.624. The Labute approximate surface area is 152 Å². The lowest BCUT2D eigenvalue weighted by molar-refractivity contribution is -0.113. The summed E-state index contributed by atoms with van der Waals surface area (Å²) in [7, 11) is -3.37. The van der Waals surface area contributed by atoms with Crippen LogP contribution in [-0.4, -0.2) is 36.3 Å². The molecular weight excluding hydrogens is 380 g/mol. The number of hydrogen-bond donors (Lipinski definition) is 2. The van der Waals surface area contributed by atoms with Gasteiger partial charge in [-0.15, -0.1) is 11.8 Å². The van der Waals surface area contributed by atoms with E-state index in [9.17, 15) is 13.2 Å². The molecule has 2 aromatic heterocycles. The molecule has 0 saturated heterocycles. The summed E-state index contributed by atoms with van der Waals surface area (Å²) in [6.07, 6.45) is 4.44. The molecular formula is C15H14N4O3S3. The average Bonchev–Trinajstić information content (AvgIpc) is 2.93. The normalized spacial score (nSPS) is 11.4. The van der Waals surface area contributed by atoms with E-state index in [1.807, 2.05) is 12.1 Å². The second-order valence-corrected chi connectivity index (χ2v) is 8.92. The van der Waals surface area contributed by atoms with Gasteiger partial charge in [0, 0.05) is 23.0 Å². The fourth-order valence-electron chi connectivity index (χ4n) is 1.99. The number of fused-ring (bicyclic) bond motifs is 1. The first-order valence-corrected chi connectivity index (χ1v) is 10.8. The Morgan fingerprint density at radius 2 is 2.00 bits per heavy atom. The summed E-state index contributed by atoms with van der Waals surface area (Å²) < 4.78 is 25.7. The van der Waals surface area contributed by atoms with E-state index in [2.05, 4.69) is 20.0 Å². The van der Waals surface area contributed by atoms with Crippen molar-refractivity contribution in [3.8, 4) is 0 Å². The number of sulfonamides is 1. The van der Waals surface area contributed by atoms with E-state index >= 15 is 0 Å². The van der Waals surface area contributed by atoms with Gasteiger partial charge in [0.1, 0.15) is 0 Å². The summed E-state index contributed by atoms with van der Waals surface area (Å²) in [4.78, 5) is 21.2. The average molecular weight is 395 g/mol. The summed E-state index contributed by atoms with van der Waals surface area (Å²) in [5.41, 5.74) is 1.31. The van der Waals surface area contributed by atoms with Crippen LogP contribution in [0, 0.1) is 0 Å². The maximum atomic E-state index is 12.1. The maximum Gasteiger partial charge on any atom is 0.234 e. The van der Waals surface area contributed by atoms with Crippen LogP contribution in [0.2, 0.25) is 0 Å². The van der Waals surface area contributed by atoms with Crippen LogP contribution in [0.15, 0.2) is 47.6 Å². The van der Waals surface area contributed by atoms with Gasteiger partial charge in [0.2, 0.25) is 15.9 Å². The highest BCUT2D eigenvalue weighted by atomic mass is 32.2. The summed E-state index contributed by atoms with van der Waals surface area (Å²) in [5.74, 6) is 0.159. The molecule has 2 N–H and O–H groups in total. The summed E-state index contributed by atoms with van der Waals surface area (Å²) >= 11 is 2.63. The van der Waals surface area contributed by atoms with Gasteiger partial charge >= 0.3 is 0 Å². The molecule has 0 saturated carbocycles. The van der Waals surface area contributed by atoms with Gasteiger partial charge in [0.05, 0.1) is 22.2 Å². The molecule has 25 heavy (non-hydrogen) atoms. The first kappa shape index (κ1) is 17.6. The van der Waals surface area contributed by atoms with Gasteiger partial charge in [-0.2, -0.15) is 0 Å². The molecule has 7 nitrogen and oxygen atoms in total. The molecule has 0 aliphatic heterocycles. The van der Waals surface area contributed by atoms with Crippen LogP contribution in [0.5, 0.6) is 0 Å². The molecule has 130 valence electrons. The number of thioether (sulfide) groups is 1. The third kappa shape index (κ3) is 5.15. The van der Waals surface area contributed by atoms with Gasteiger partial charge in [-0.3, -0.25) is 14.5 Å². The second kappa shape index (κ2) is 7.38. The summed E-state index contributed by atoms with van der Waals surface area (Å²) in [6.45, 7) is 0. The van der Waals surface area contributed by atoms with Gasteiger partial charge in [0.15, 0.2) is 5.13 Å². The van der Waals surface area contributed by atoms with Crippen molar-refractivity contribution in [3.63, 3.8) is 0 Å². The zero-order valence-corrected chi connectivity index (χ0v) is 15.5. The van der Waals surface area contributed by atoms with E-state index in [4.69, 9.17) is 0 Å². The standard InChI is InChI=1S/C15H14N4O3S3/c1-25(21,22)19-15-18-12-3-2-10(8-13(12)24-15)17-14(20)9-23-11-4-6-16-7-5-11/h2-8H,9H2,1H3,(H,17,20)(H,18,19). The lowest BCUT2D eigenvalue weighted by Crippen LogP contribution is -2.13. The number of nitrogens with zero attached hydrogens (tertiary/aromatic N) is 2. The van der Waals surface area contributed by atoms with E-state index in [0.29, 0.717) is 16.3 Å². The molecule has 0 spiro atoms.